The van der Waals surface area contributed by atoms with Crippen LogP contribution in [-0.2, 0) is 9.73 Å². The fourth-order valence-electron chi connectivity index (χ4n) is 1.37. The Kier molecular flexibility index (Phi) is 4.55. The molecule has 0 aliphatic rings. The molecule has 0 aliphatic heterocycles. The molecular weight excluding hydrogens is 266 g/mol. The summed E-state index contributed by atoms with van der Waals surface area (Å²) in [6.07, 6.45) is 2.76. The smallest absolute Gasteiger partial charge is 0.253 e. The van der Waals surface area contributed by atoms with E-state index in [-0.39, 0.29) is 15.9 Å². The summed E-state index contributed by atoms with van der Waals surface area (Å²) in [7, 11) is -2.98. The van der Waals surface area contributed by atoms with Crippen LogP contribution < -0.4 is 0 Å². The molecule has 0 N–H and O–H groups in total. The van der Waals surface area contributed by atoms with Crippen LogP contribution in [0.15, 0.2) is 23.6 Å². The first-order chi connectivity index (χ1) is 7.86. The SMILES string of the molecule is CC(CS(C)(=O)=[N+]([O-])N=O)c1ccc(Cl)nc1. The number of rotatable bonds is 4. The molecule has 0 spiro atoms. The second-order valence-corrected chi connectivity index (χ2v) is 6.71. The normalized spacial score (nSPS) is 16.0. The largest absolute Gasteiger partial charge is 0.510 e. The lowest BCUT2D eigenvalue weighted by Gasteiger charge is -2.11. The average molecular weight is 278 g/mol. The van der Waals surface area contributed by atoms with E-state index in [1.165, 1.54) is 6.26 Å². The summed E-state index contributed by atoms with van der Waals surface area (Å²) < 4.78 is 11.6. The minimum absolute atomic E-state index is 0.0333. The minimum Gasteiger partial charge on any atom is -0.510 e. The van der Waals surface area contributed by atoms with Gasteiger partial charge in [-0.25, -0.2) is 9.19 Å². The Hall–Kier alpha value is -1.05. The Morgan fingerprint density at radius 1 is 1.65 bits per heavy atom. The number of hydrogen-bond donors (Lipinski definition) is 0. The van der Waals surface area contributed by atoms with Crippen molar-refractivity contribution in [3.63, 3.8) is 0 Å². The van der Waals surface area contributed by atoms with Crippen LogP contribution >= 0.6 is 11.6 Å². The van der Waals surface area contributed by atoms with Crippen molar-refractivity contribution >= 4 is 21.3 Å². The van der Waals surface area contributed by atoms with Crippen molar-refractivity contribution in [2.45, 2.75) is 12.8 Å². The van der Waals surface area contributed by atoms with Crippen LogP contribution in [0.3, 0.4) is 0 Å². The van der Waals surface area contributed by atoms with E-state index in [1.54, 1.807) is 25.3 Å². The minimum atomic E-state index is -2.98. The fraction of sp³-hybridized carbons (Fsp3) is 0.444. The third kappa shape index (κ3) is 3.72. The quantitative estimate of drug-likeness (QED) is 0.365. The molecule has 1 rings (SSSR count). The van der Waals surface area contributed by atoms with E-state index in [9.17, 15) is 14.3 Å². The van der Waals surface area contributed by atoms with E-state index in [2.05, 4.69) is 10.3 Å². The maximum atomic E-state index is 11.8. The van der Waals surface area contributed by atoms with Gasteiger partial charge in [-0.3, -0.25) is 0 Å². The zero-order valence-electron chi connectivity index (χ0n) is 9.37. The first-order valence-corrected chi connectivity index (χ1v) is 7.23. The van der Waals surface area contributed by atoms with E-state index in [0.29, 0.717) is 5.15 Å². The molecule has 8 heteroatoms. The van der Waals surface area contributed by atoms with E-state index < -0.39 is 9.73 Å². The molecule has 1 heterocycles. The van der Waals surface area contributed by atoms with Crippen molar-refractivity contribution in [3.8, 4) is 0 Å². The average Bonchev–Trinajstić information content (AvgIpc) is 2.28. The van der Waals surface area contributed by atoms with Crippen molar-refractivity contribution in [2.24, 2.45) is 5.29 Å². The molecular formula is C9H12ClN3O3S. The van der Waals surface area contributed by atoms with Crippen LogP contribution in [-0.4, -0.2) is 25.4 Å². The fourth-order valence-corrected chi connectivity index (χ4v) is 2.87. The predicted molar refractivity (Wildman–Crippen MR) is 66.0 cm³/mol. The topological polar surface area (TPSA) is 85.5 Å². The van der Waals surface area contributed by atoms with Crippen LogP contribution in [0, 0.1) is 10.1 Å². The third-order valence-electron chi connectivity index (χ3n) is 2.28. The molecule has 0 saturated heterocycles. The number of halogens is 1. The Morgan fingerprint density at radius 2 is 2.29 bits per heavy atom. The second kappa shape index (κ2) is 5.52. The zero-order valence-corrected chi connectivity index (χ0v) is 10.9. The molecule has 0 aromatic carbocycles. The van der Waals surface area contributed by atoms with E-state index in [0.717, 1.165) is 5.56 Å². The molecule has 0 amide bonds. The van der Waals surface area contributed by atoms with Crippen LogP contribution in [0.1, 0.15) is 18.4 Å². The molecule has 2 atom stereocenters. The van der Waals surface area contributed by atoms with Gasteiger partial charge in [0.25, 0.3) is 5.29 Å². The van der Waals surface area contributed by atoms with Crippen molar-refractivity contribution in [1.29, 1.82) is 0 Å². The Bertz CT molecular complexity index is 523. The van der Waals surface area contributed by atoms with Crippen molar-refractivity contribution in [3.05, 3.63) is 39.2 Å². The van der Waals surface area contributed by atoms with Gasteiger partial charge in [0.2, 0.25) is 0 Å². The highest BCUT2D eigenvalue weighted by molar-refractivity contribution is 7.90. The summed E-state index contributed by atoms with van der Waals surface area (Å²) in [4.78, 5) is 14.0. The lowest BCUT2D eigenvalue weighted by atomic mass is 10.1. The lowest BCUT2D eigenvalue weighted by Crippen LogP contribution is -2.18. The molecule has 0 aliphatic carbocycles. The summed E-state index contributed by atoms with van der Waals surface area (Å²) in [5, 5.41) is 13.5. The van der Waals surface area contributed by atoms with Crippen LogP contribution in [0.5, 0.6) is 0 Å². The standard InChI is InChI=1S/C9H12ClN3O3S/c1-7(6-17(2,16)13(15)12-14)8-3-4-9(10)11-5-8/h3-5,7H,6H2,1-2H3. The van der Waals surface area contributed by atoms with Gasteiger partial charge in [-0.05, 0) is 21.8 Å². The molecule has 94 valence electrons. The van der Waals surface area contributed by atoms with E-state index in [4.69, 9.17) is 11.6 Å². The summed E-state index contributed by atoms with van der Waals surface area (Å²) in [5.41, 5.74) is 0.795. The van der Waals surface area contributed by atoms with E-state index >= 15 is 0 Å². The maximum absolute atomic E-state index is 11.8. The van der Waals surface area contributed by atoms with Gasteiger partial charge in [-0.1, -0.05) is 29.5 Å². The van der Waals surface area contributed by atoms with Gasteiger partial charge in [-0.15, -0.1) is 0 Å². The Balaban J connectivity index is 2.94. The summed E-state index contributed by atoms with van der Waals surface area (Å²) in [6.45, 7) is 1.78. The molecule has 2 unspecified atom stereocenters. The van der Waals surface area contributed by atoms with Gasteiger partial charge < -0.3 is 5.21 Å². The Morgan fingerprint density at radius 3 is 2.76 bits per heavy atom. The van der Waals surface area contributed by atoms with Crippen LogP contribution in [0.4, 0.5) is 0 Å². The molecule has 17 heavy (non-hydrogen) atoms. The third-order valence-corrected chi connectivity index (χ3v) is 4.35. The van der Waals surface area contributed by atoms with Gasteiger partial charge in [0.05, 0.1) is 12.0 Å². The van der Waals surface area contributed by atoms with Gasteiger partial charge in [0, 0.05) is 6.20 Å². The lowest BCUT2D eigenvalue weighted by molar-refractivity contribution is -0.441. The molecule has 0 bridgehead atoms. The molecule has 0 fully saturated rings. The van der Waals surface area contributed by atoms with Gasteiger partial charge in [-0.2, -0.15) is 0 Å². The van der Waals surface area contributed by atoms with Crippen LogP contribution in [0.2, 0.25) is 5.15 Å². The Labute approximate surface area is 104 Å². The van der Waals surface area contributed by atoms with Gasteiger partial charge in [0.1, 0.15) is 5.15 Å². The molecule has 0 radical (unpaired) electrons. The van der Waals surface area contributed by atoms with E-state index in [1.807, 2.05) is 0 Å². The predicted octanol–water partition coefficient (Wildman–Crippen LogP) is 2.13. The van der Waals surface area contributed by atoms with Crippen molar-refractivity contribution in [2.75, 3.05) is 12.0 Å². The zero-order chi connectivity index (χ0) is 13.1. The highest BCUT2D eigenvalue weighted by Crippen LogP contribution is 2.18. The number of hydrogen-bond acceptors (Lipinski definition) is 4. The highest BCUT2D eigenvalue weighted by Gasteiger charge is 2.18. The maximum Gasteiger partial charge on any atom is 0.253 e. The number of pyridine rings is 1. The summed E-state index contributed by atoms with van der Waals surface area (Å²) >= 11 is 5.64. The number of nitroso groups, excluding NO2 is 1. The second-order valence-electron chi connectivity index (χ2n) is 3.76. The van der Waals surface area contributed by atoms with Gasteiger partial charge >= 0.3 is 0 Å². The molecule has 1 aromatic heterocycles. The highest BCUT2D eigenvalue weighted by atomic mass is 35.5. The van der Waals surface area contributed by atoms with Crippen LogP contribution in [0.25, 0.3) is 0 Å². The molecule has 1 aromatic rings. The monoisotopic (exact) mass is 277 g/mol. The number of aromatic nitrogens is 1. The van der Waals surface area contributed by atoms with Gasteiger partial charge in [0.15, 0.2) is 9.73 Å². The summed E-state index contributed by atoms with van der Waals surface area (Å²) in [6, 6.07) is 3.34. The van der Waals surface area contributed by atoms with Crippen molar-refractivity contribution < 1.29 is 8.43 Å². The summed E-state index contributed by atoms with van der Waals surface area (Å²) in [5.74, 6) is -0.151. The first-order valence-electron chi connectivity index (χ1n) is 4.76. The number of nitrogens with zero attached hydrogens (tertiary/aromatic N) is 3. The molecule has 6 nitrogen and oxygen atoms in total. The van der Waals surface area contributed by atoms with Crippen molar-refractivity contribution in [1.82, 2.24) is 4.98 Å². The first kappa shape index (κ1) is 14.0. The molecule has 0 saturated carbocycles.